The van der Waals surface area contributed by atoms with Crippen LogP contribution in [0.5, 0.6) is 0 Å². The van der Waals surface area contributed by atoms with Crippen molar-refractivity contribution in [2.45, 2.75) is 13.0 Å². The van der Waals surface area contributed by atoms with Crippen molar-refractivity contribution in [3.63, 3.8) is 0 Å². The number of aryl methyl sites for hydroxylation is 1. The third-order valence-electron chi connectivity index (χ3n) is 3.80. The predicted octanol–water partition coefficient (Wildman–Crippen LogP) is 2.82. The van der Waals surface area contributed by atoms with Gasteiger partial charge in [0, 0.05) is 16.3 Å². The predicted molar refractivity (Wildman–Crippen MR) is 102 cm³/mol. The van der Waals surface area contributed by atoms with Crippen molar-refractivity contribution in [3.8, 4) is 0 Å². The highest BCUT2D eigenvalue weighted by Gasteiger charge is 2.17. The van der Waals surface area contributed by atoms with E-state index in [4.69, 9.17) is 23.8 Å². The Kier molecular flexibility index (Phi) is 6.39. The molecule has 0 amide bonds. The average molecular weight is 349 g/mol. The minimum Gasteiger partial charge on any atom is -0.356 e. The van der Waals surface area contributed by atoms with Gasteiger partial charge in [0.15, 0.2) is 5.11 Å². The number of quaternary nitrogens is 1. The molecule has 0 aliphatic carbocycles. The van der Waals surface area contributed by atoms with Crippen molar-refractivity contribution in [2.75, 3.05) is 26.0 Å². The van der Waals surface area contributed by atoms with E-state index in [1.165, 1.54) is 10.5 Å². The van der Waals surface area contributed by atoms with Crippen LogP contribution in [0.3, 0.4) is 0 Å². The van der Waals surface area contributed by atoms with Crippen LogP contribution in [-0.2, 0) is 0 Å². The van der Waals surface area contributed by atoms with Crippen molar-refractivity contribution >= 4 is 34.6 Å². The van der Waals surface area contributed by atoms with Gasteiger partial charge in [-0.1, -0.05) is 48.0 Å². The van der Waals surface area contributed by atoms with E-state index in [9.17, 15) is 0 Å². The summed E-state index contributed by atoms with van der Waals surface area (Å²) >= 11 is 11.5. The molecule has 3 nitrogen and oxygen atoms in total. The minimum absolute atomic E-state index is 0.331. The number of nitrogens with one attached hydrogen (secondary N) is 3. The molecule has 0 saturated carbocycles. The van der Waals surface area contributed by atoms with E-state index in [1.54, 1.807) is 0 Å². The van der Waals surface area contributed by atoms with E-state index in [0.29, 0.717) is 11.2 Å². The van der Waals surface area contributed by atoms with E-state index >= 15 is 0 Å². The van der Waals surface area contributed by atoms with Gasteiger partial charge in [-0.2, -0.15) is 0 Å². The van der Waals surface area contributed by atoms with Gasteiger partial charge in [0.05, 0.1) is 20.6 Å². The summed E-state index contributed by atoms with van der Waals surface area (Å²) in [6.45, 7) is 2.74. The average Bonchev–Trinajstić information content (AvgIpc) is 2.52. The lowest BCUT2D eigenvalue weighted by molar-refractivity contribution is -0.890. The van der Waals surface area contributed by atoms with Gasteiger partial charge in [0.1, 0.15) is 6.04 Å². The molecule has 2 rings (SSSR count). The van der Waals surface area contributed by atoms with Crippen LogP contribution in [0, 0.1) is 6.92 Å². The van der Waals surface area contributed by atoms with Crippen LogP contribution in [-0.4, -0.2) is 25.8 Å². The van der Waals surface area contributed by atoms with E-state index in [1.807, 2.05) is 31.2 Å². The summed E-state index contributed by atoms with van der Waals surface area (Å²) in [6, 6.07) is 16.6. The first kappa shape index (κ1) is 17.7. The van der Waals surface area contributed by atoms with Gasteiger partial charge < -0.3 is 15.5 Å². The summed E-state index contributed by atoms with van der Waals surface area (Å²) in [6.07, 6.45) is 0. The van der Waals surface area contributed by atoms with E-state index in [2.05, 4.69) is 49.0 Å². The number of hydrogen-bond donors (Lipinski definition) is 3. The van der Waals surface area contributed by atoms with Crippen LogP contribution in [0.25, 0.3) is 0 Å². The molecule has 2 aromatic rings. The second-order valence-electron chi connectivity index (χ2n) is 5.84. The van der Waals surface area contributed by atoms with Gasteiger partial charge >= 0.3 is 0 Å². The second-order valence-corrected chi connectivity index (χ2v) is 6.66. The molecule has 5 heteroatoms. The summed E-state index contributed by atoms with van der Waals surface area (Å²) in [5, 5.41) is 7.82. The fraction of sp³-hybridized carbons (Fsp3) is 0.278. The van der Waals surface area contributed by atoms with Crippen LogP contribution >= 0.6 is 23.8 Å². The number of benzene rings is 2. The Morgan fingerprint density at radius 2 is 1.87 bits per heavy atom. The first-order valence-electron chi connectivity index (χ1n) is 7.63. The molecule has 0 saturated heterocycles. The van der Waals surface area contributed by atoms with E-state index < -0.39 is 0 Å². The number of likely N-dealkylation sites (N-methyl/N-ethyl adjacent to an activating group) is 1. The largest absolute Gasteiger partial charge is 0.356 e. The molecule has 0 fully saturated rings. The molecular weight excluding hydrogens is 326 g/mol. The van der Waals surface area contributed by atoms with Crippen LogP contribution in [0.15, 0.2) is 48.5 Å². The van der Waals surface area contributed by atoms with Crippen LogP contribution in [0.4, 0.5) is 5.69 Å². The van der Waals surface area contributed by atoms with Crippen molar-refractivity contribution in [3.05, 3.63) is 64.7 Å². The van der Waals surface area contributed by atoms with Gasteiger partial charge in [-0.05, 0) is 36.8 Å². The van der Waals surface area contributed by atoms with Gasteiger partial charge in [-0.15, -0.1) is 0 Å². The highest BCUT2D eigenvalue weighted by atomic mass is 35.5. The number of anilines is 1. The number of thiocarbonyl (C=S) groups is 1. The Labute approximate surface area is 148 Å². The first-order chi connectivity index (χ1) is 11.0. The highest BCUT2D eigenvalue weighted by Crippen LogP contribution is 2.19. The third kappa shape index (κ3) is 5.20. The summed E-state index contributed by atoms with van der Waals surface area (Å²) in [7, 11) is 4.30. The van der Waals surface area contributed by atoms with Gasteiger partial charge in [0.25, 0.3) is 0 Å². The Morgan fingerprint density at radius 3 is 2.48 bits per heavy atom. The first-order valence-corrected chi connectivity index (χ1v) is 8.42. The lowest BCUT2D eigenvalue weighted by atomic mass is 10.1. The zero-order valence-corrected chi connectivity index (χ0v) is 15.3. The van der Waals surface area contributed by atoms with Crippen molar-refractivity contribution in [1.29, 1.82) is 0 Å². The molecule has 23 heavy (non-hydrogen) atoms. The fourth-order valence-corrected chi connectivity index (χ4v) is 2.76. The minimum atomic E-state index is 0.331. The lowest BCUT2D eigenvalue weighted by Crippen LogP contribution is -3.07. The van der Waals surface area contributed by atoms with Gasteiger partial charge in [-0.3, -0.25) is 0 Å². The maximum atomic E-state index is 6.14. The summed E-state index contributed by atoms with van der Waals surface area (Å²) in [4.78, 5) is 1.35. The Bertz CT molecular complexity index is 659. The summed E-state index contributed by atoms with van der Waals surface area (Å²) < 4.78 is 0. The smallest absolute Gasteiger partial charge is 0.171 e. The maximum Gasteiger partial charge on any atom is 0.171 e. The molecule has 0 bridgehead atoms. The number of rotatable bonds is 5. The highest BCUT2D eigenvalue weighted by molar-refractivity contribution is 7.80. The second kappa shape index (κ2) is 8.29. The summed E-state index contributed by atoms with van der Waals surface area (Å²) in [5.41, 5.74) is 3.24. The number of halogens is 1. The standard InChI is InChI=1S/C18H22ClN3S/c1-13-9-10-15(11-16(13)19)21-18(23)20-12-17(22(2)3)14-7-5-4-6-8-14/h4-11,17H,12H2,1-3H3,(H2,20,21,23)/p+1/t17-/m1/s1. The monoisotopic (exact) mass is 348 g/mol. The van der Waals surface area contributed by atoms with Crippen LogP contribution in [0.1, 0.15) is 17.2 Å². The lowest BCUT2D eigenvalue weighted by Gasteiger charge is -2.23. The van der Waals surface area contributed by atoms with Crippen LogP contribution < -0.4 is 15.5 Å². The topological polar surface area (TPSA) is 28.5 Å². The zero-order valence-electron chi connectivity index (χ0n) is 13.7. The van der Waals surface area contributed by atoms with Gasteiger partial charge in [0.2, 0.25) is 0 Å². The summed E-state index contributed by atoms with van der Waals surface area (Å²) in [5.74, 6) is 0. The quantitative estimate of drug-likeness (QED) is 0.726. The molecule has 0 spiro atoms. The molecule has 0 aliphatic heterocycles. The van der Waals surface area contributed by atoms with Crippen molar-refractivity contribution in [2.24, 2.45) is 0 Å². The zero-order chi connectivity index (χ0) is 16.8. The van der Waals surface area contributed by atoms with E-state index in [0.717, 1.165) is 22.8 Å². The molecule has 0 heterocycles. The molecule has 0 unspecified atom stereocenters. The molecule has 0 radical (unpaired) electrons. The van der Waals surface area contributed by atoms with Crippen LogP contribution in [0.2, 0.25) is 5.02 Å². The normalized spacial score (nSPS) is 12.0. The van der Waals surface area contributed by atoms with E-state index in [-0.39, 0.29) is 0 Å². The third-order valence-corrected chi connectivity index (χ3v) is 4.45. The molecule has 0 aromatic heterocycles. The Balaban J connectivity index is 1.95. The molecule has 2 aromatic carbocycles. The molecule has 1 atom stereocenters. The molecule has 122 valence electrons. The molecule has 0 aliphatic rings. The Morgan fingerprint density at radius 1 is 1.17 bits per heavy atom. The number of hydrogen-bond acceptors (Lipinski definition) is 1. The fourth-order valence-electron chi connectivity index (χ4n) is 2.38. The molecule has 3 N–H and O–H groups in total. The van der Waals surface area contributed by atoms with Crippen molar-refractivity contribution < 1.29 is 4.90 Å². The SMILES string of the molecule is Cc1ccc(NC(=S)NC[C@H](c2ccccc2)[NH+](C)C)cc1Cl. The van der Waals surface area contributed by atoms with Crippen molar-refractivity contribution in [1.82, 2.24) is 5.32 Å². The maximum absolute atomic E-state index is 6.14. The van der Waals surface area contributed by atoms with Gasteiger partial charge in [-0.25, -0.2) is 0 Å². The molecular formula is C18H23ClN3S+. The Hall–Kier alpha value is -1.62.